The summed E-state index contributed by atoms with van der Waals surface area (Å²) < 4.78 is 16.1. The van der Waals surface area contributed by atoms with E-state index in [2.05, 4.69) is 29.2 Å². The lowest BCUT2D eigenvalue weighted by Crippen LogP contribution is -2.32. The molecule has 0 unspecified atom stereocenters. The molecule has 0 amide bonds. The van der Waals surface area contributed by atoms with Crippen molar-refractivity contribution >= 4 is 20.2 Å². The third-order valence-electron chi connectivity index (χ3n) is 4.44. The van der Waals surface area contributed by atoms with Gasteiger partial charge in [-0.15, -0.1) is 12.3 Å². The summed E-state index contributed by atoms with van der Waals surface area (Å²) in [5.41, 5.74) is -0.411. The number of benzene rings is 1. The van der Waals surface area contributed by atoms with Crippen LogP contribution in [0.2, 0.25) is 19.1 Å². The highest BCUT2D eigenvalue weighted by Crippen LogP contribution is 2.36. The Labute approximate surface area is 170 Å². The Hall–Kier alpha value is -2.77. The van der Waals surface area contributed by atoms with Crippen LogP contribution in [0.3, 0.4) is 0 Å². The fourth-order valence-corrected chi connectivity index (χ4v) is 4.44. The molecule has 1 aliphatic rings. The van der Waals surface area contributed by atoms with Gasteiger partial charge in [-0.3, -0.25) is 10.1 Å². The van der Waals surface area contributed by atoms with Crippen LogP contribution >= 0.6 is 0 Å². The van der Waals surface area contributed by atoms with E-state index < -0.39 is 19.4 Å². The fraction of sp³-hybridized carbons (Fsp3) is 0.526. The minimum atomic E-state index is -1.89. The van der Waals surface area contributed by atoms with Crippen LogP contribution in [-0.2, 0) is 9.16 Å². The first-order valence-electron chi connectivity index (χ1n) is 9.36. The van der Waals surface area contributed by atoms with E-state index in [1.807, 2.05) is 0 Å². The van der Waals surface area contributed by atoms with Crippen LogP contribution in [0.25, 0.3) is 0 Å². The number of nitrogens with zero attached hydrogens (tertiary/aromatic N) is 3. The molecular weight excluding hydrogens is 394 g/mol. The van der Waals surface area contributed by atoms with Crippen molar-refractivity contribution in [1.29, 1.82) is 0 Å². The van der Waals surface area contributed by atoms with Crippen molar-refractivity contribution in [2.24, 2.45) is 10.2 Å². The maximum absolute atomic E-state index is 11.7. The van der Waals surface area contributed by atoms with Gasteiger partial charge in [0.2, 0.25) is 0 Å². The zero-order valence-electron chi connectivity index (χ0n) is 16.6. The first kappa shape index (κ1) is 22.5. The third kappa shape index (κ3) is 8.01. The van der Waals surface area contributed by atoms with E-state index in [-0.39, 0.29) is 23.7 Å². The predicted molar refractivity (Wildman–Crippen MR) is 108 cm³/mol. The van der Waals surface area contributed by atoms with Gasteiger partial charge < -0.3 is 13.9 Å². The van der Waals surface area contributed by atoms with Crippen molar-refractivity contribution in [3.63, 3.8) is 0 Å². The molecule has 156 valence electrons. The molecule has 1 heterocycles. The largest absolute Gasteiger partial charge is 0.513 e. The second kappa shape index (κ2) is 10.1. The minimum absolute atomic E-state index is 0.0797. The molecule has 2 rings (SSSR count). The average molecular weight is 420 g/mol. The van der Waals surface area contributed by atoms with E-state index in [0.29, 0.717) is 19.4 Å². The summed E-state index contributed by atoms with van der Waals surface area (Å²) in [6, 6.07) is 6.03. The second-order valence-electron chi connectivity index (χ2n) is 7.30. The smallest absolute Gasteiger partial charge is 0.434 e. The van der Waals surface area contributed by atoms with Crippen LogP contribution in [0.4, 0.5) is 10.5 Å². The number of ether oxygens (including phenoxy) is 2. The van der Waals surface area contributed by atoms with E-state index in [1.165, 1.54) is 24.3 Å². The van der Waals surface area contributed by atoms with E-state index >= 15 is 0 Å². The molecule has 29 heavy (non-hydrogen) atoms. The van der Waals surface area contributed by atoms with E-state index in [0.717, 1.165) is 18.9 Å². The van der Waals surface area contributed by atoms with E-state index in [9.17, 15) is 14.9 Å². The molecular formula is C19H25N3O6Si. The van der Waals surface area contributed by atoms with Gasteiger partial charge in [0.1, 0.15) is 5.75 Å². The van der Waals surface area contributed by atoms with Crippen molar-refractivity contribution in [1.82, 2.24) is 0 Å². The van der Waals surface area contributed by atoms with Gasteiger partial charge >= 0.3 is 6.16 Å². The molecule has 1 aromatic rings. The molecule has 9 nitrogen and oxygen atoms in total. The monoisotopic (exact) mass is 419 g/mol. The number of rotatable bonds is 12. The topological polar surface area (TPSA) is 113 Å². The van der Waals surface area contributed by atoms with Gasteiger partial charge in [0.05, 0.1) is 11.5 Å². The molecule has 10 heteroatoms. The molecule has 0 saturated carbocycles. The number of hydrogen-bond acceptors (Lipinski definition) is 8. The van der Waals surface area contributed by atoms with Crippen molar-refractivity contribution in [2.45, 2.75) is 50.5 Å². The Bertz CT molecular complexity index is 782. The number of carbonyl (C=O) groups is 1. The molecule has 1 aromatic carbocycles. The molecule has 0 bridgehead atoms. The summed E-state index contributed by atoms with van der Waals surface area (Å²) in [7, 11) is -1.89. The quantitative estimate of drug-likeness (QED) is 0.0924. The second-order valence-corrected chi connectivity index (χ2v) is 11.6. The van der Waals surface area contributed by atoms with Crippen LogP contribution in [-0.4, -0.2) is 38.3 Å². The van der Waals surface area contributed by atoms with Crippen molar-refractivity contribution in [3.8, 4) is 18.1 Å². The Kier molecular flexibility index (Phi) is 7.87. The zero-order valence-corrected chi connectivity index (χ0v) is 17.6. The highest BCUT2D eigenvalue weighted by molar-refractivity contribution is 6.71. The molecule has 0 fully saturated rings. The maximum Gasteiger partial charge on any atom is 0.513 e. The SMILES string of the molecule is C#CCCC1(CCO[Si](C)(C)CCCOC(=O)Oc2ccc([N+](=O)[O-])cc2)N=N1. The Morgan fingerprint density at radius 1 is 1.24 bits per heavy atom. The standard InChI is InChI=1S/C19H25N3O6Si/c1-4-5-11-19(20-21-19)12-14-27-29(2,3)15-6-13-26-18(23)28-17-9-7-16(8-10-17)22(24)25/h1,7-10H,5-6,11-15H2,2-3H3. The number of hydrogen-bond donors (Lipinski definition) is 0. The highest BCUT2D eigenvalue weighted by Gasteiger charge is 2.39. The Morgan fingerprint density at radius 3 is 2.52 bits per heavy atom. The number of terminal acetylenes is 1. The number of carbonyl (C=O) groups excluding carboxylic acids is 1. The van der Waals surface area contributed by atoms with Gasteiger partial charge in [-0.2, -0.15) is 10.2 Å². The lowest BCUT2D eigenvalue weighted by atomic mass is 10.1. The van der Waals surface area contributed by atoms with Crippen molar-refractivity contribution < 1.29 is 23.6 Å². The van der Waals surface area contributed by atoms with Crippen LogP contribution in [0.15, 0.2) is 34.5 Å². The van der Waals surface area contributed by atoms with Crippen LogP contribution in [0, 0.1) is 22.5 Å². The van der Waals surface area contributed by atoms with Gasteiger partial charge in [-0.25, -0.2) is 4.79 Å². The molecule has 0 atom stereocenters. The molecule has 0 aromatic heterocycles. The summed E-state index contributed by atoms with van der Waals surface area (Å²) in [4.78, 5) is 21.8. The van der Waals surface area contributed by atoms with Crippen LogP contribution in [0.5, 0.6) is 5.75 Å². The van der Waals surface area contributed by atoms with Gasteiger partial charge in [0, 0.05) is 38.0 Å². The van der Waals surface area contributed by atoms with Gasteiger partial charge in [-0.05, 0) is 37.7 Å². The van der Waals surface area contributed by atoms with Crippen molar-refractivity contribution in [2.75, 3.05) is 13.2 Å². The zero-order chi connectivity index (χ0) is 21.3. The number of nitro groups is 1. The molecule has 0 radical (unpaired) electrons. The predicted octanol–water partition coefficient (Wildman–Crippen LogP) is 4.69. The lowest BCUT2D eigenvalue weighted by Gasteiger charge is -2.23. The normalized spacial score (nSPS) is 14.1. The van der Waals surface area contributed by atoms with Crippen LogP contribution in [0.1, 0.15) is 25.7 Å². The molecule has 1 aliphatic heterocycles. The first-order chi connectivity index (χ1) is 13.8. The third-order valence-corrected chi connectivity index (χ3v) is 6.98. The molecule has 0 aliphatic carbocycles. The molecule has 0 spiro atoms. The summed E-state index contributed by atoms with van der Waals surface area (Å²) in [6.45, 7) is 5.01. The summed E-state index contributed by atoms with van der Waals surface area (Å²) in [5, 5.41) is 18.8. The van der Waals surface area contributed by atoms with Gasteiger partial charge in [-0.1, -0.05) is 0 Å². The van der Waals surface area contributed by atoms with Crippen molar-refractivity contribution in [3.05, 3.63) is 34.4 Å². The van der Waals surface area contributed by atoms with Gasteiger partial charge in [0.25, 0.3) is 5.69 Å². The van der Waals surface area contributed by atoms with Crippen LogP contribution < -0.4 is 4.74 Å². The molecule has 0 saturated heterocycles. The highest BCUT2D eigenvalue weighted by atomic mass is 28.4. The summed E-state index contributed by atoms with van der Waals surface area (Å²) >= 11 is 0. The summed E-state index contributed by atoms with van der Waals surface area (Å²) in [6.07, 6.45) is 7.26. The lowest BCUT2D eigenvalue weighted by molar-refractivity contribution is -0.384. The minimum Gasteiger partial charge on any atom is -0.434 e. The summed E-state index contributed by atoms with van der Waals surface area (Å²) in [5.74, 6) is 2.79. The first-order valence-corrected chi connectivity index (χ1v) is 12.5. The molecule has 0 N–H and O–H groups in total. The Balaban J connectivity index is 1.60. The Morgan fingerprint density at radius 2 is 1.93 bits per heavy atom. The maximum atomic E-state index is 11.7. The van der Waals surface area contributed by atoms with E-state index in [4.69, 9.17) is 20.3 Å². The fourth-order valence-electron chi connectivity index (χ4n) is 2.65. The average Bonchev–Trinajstić information content (AvgIpc) is 3.44. The van der Waals surface area contributed by atoms with Gasteiger partial charge in [0.15, 0.2) is 14.0 Å². The van der Waals surface area contributed by atoms with E-state index in [1.54, 1.807) is 0 Å². The number of non-ortho nitro benzene ring substituents is 1. The number of nitro benzene ring substituents is 1.